The van der Waals surface area contributed by atoms with E-state index in [9.17, 15) is 0 Å². The first-order valence-electron chi connectivity index (χ1n) is 6.69. The van der Waals surface area contributed by atoms with E-state index in [1.807, 2.05) is 25.1 Å². The molecule has 0 amide bonds. The van der Waals surface area contributed by atoms with Crippen LogP contribution < -0.4 is 10.1 Å². The van der Waals surface area contributed by atoms with E-state index in [1.165, 1.54) is 12.8 Å². The maximum Gasteiger partial charge on any atom is 0.125 e. The topological polar surface area (TPSA) is 34.1 Å². The van der Waals surface area contributed by atoms with Crippen molar-refractivity contribution in [2.75, 3.05) is 7.11 Å². The van der Waals surface area contributed by atoms with E-state index in [2.05, 4.69) is 15.7 Å². The molecule has 5 heteroatoms. The van der Waals surface area contributed by atoms with Crippen LogP contribution in [0, 0.1) is 6.92 Å². The fourth-order valence-electron chi connectivity index (χ4n) is 2.24. The highest BCUT2D eigenvalue weighted by molar-refractivity contribution is 7.09. The molecule has 1 aliphatic rings. The van der Waals surface area contributed by atoms with E-state index in [1.54, 1.807) is 18.4 Å². The number of nitrogens with one attached hydrogen (secondary N) is 1. The summed E-state index contributed by atoms with van der Waals surface area (Å²) in [6, 6.07) is 6.33. The van der Waals surface area contributed by atoms with Crippen LogP contribution in [0.5, 0.6) is 5.75 Å². The standard InChI is InChI=1S/C15H17ClN2OS/c1-9-8-20-15(17-9)14(18-10-6-7-10)13-11(16)4-3-5-12(13)19-2/h3-5,8,10,14,18H,6-7H2,1-2H3. The number of rotatable bonds is 5. The summed E-state index contributed by atoms with van der Waals surface area (Å²) in [5.41, 5.74) is 2.02. The van der Waals surface area contributed by atoms with Crippen LogP contribution >= 0.6 is 22.9 Å². The molecule has 0 radical (unpaired) electrons. The third kappa shape index (κ3) is 2.82. The molecule has 2 aromatic rings. The minimum Gasteiger partial charge on any atom is -0.496 e. The first kappa shape index (κ1) is 13.9. The maximum atomic E-state index is 6.42. The highest BCUT2D eigenvalue weighted by Gasteiger charge is 2.30. The molecule has 1 saturated carbocycles. The molecule has 106 valence electrons. The molecule has 1 N–H and O–H groups in total. The van der Waals surface area contributed by atoms with E-state index >= 15 is 0 Å². The van der Waals surface area contributed by atoms with E-state index < -0.39 is 0 Å². The zero-order chi connectivity index (χ0) is 14.1. The molecule has 20 heavy (non-hydrogen) atoms. The summed E-state index contributed by atoms with van der Waals surface area (Å²) in [5.74, 6) is 0.809. The van der Waals surface area contributed by atoms with Gasteiger partial charge in [-0.05, 0) is 31.9 Å². The summed E-state index contributed by atoms with van der Waals surface area (Å²) in [4.78, 5) is 4.63. The zero-order valence-corrected chi connectivity index (χ0v) is 13.1. The predicted octanol–water partition coefficient (Wildman–Crippen LogP) is 3.95. The van der Waals surface area contributed by atoms with Crippen molar-refractivity contribution in [1.82, 2.24) is 10.3 Å². The molecule has 0 spiro atoms. The number of ether oxygens (including phenoxy) is 1. The number of nitrogens with zero attached hydrogens (tertiary/aromatic N) is 1. The fraction of sp³-hybridized carbons (Fsp3) is 0.400. The van der Waals surface area contributed by atoms with Gasteiger partial charge < -0.3 is 10.1 Å². The second kappa shape index (κ2) is 5.72. The van der Waals surface area contributed by atoms with Crippen LogP contribution in [0.3, 0.4) is 0 Å². The smallest absolute Gasteiger partial charge is 0.125 e. The van der Waals surface area contributed by atoms with Gasteiger partial charge in [-0.25, -0.2) is 4.98 Å². The molecule has 0 bridgehead atoms. The van der Waals surface area contributed by atoms with E-state index in [0.717, 1.165) is 27.0 Å². The molecule has 1 heterocycles. The molecule has 0 saturated heterocycles. The number of aromatic nitrogens is 1. The third-order valence-electron chi connectivity index (χ3n) is 3.38. The van der Waals surface area contributed by atoms with Gasteiger partial charge in [-0.3, -0.25) is 0 Å². The predicted molar refractivity (Wildman–Crippen MR) is 82.9 cm³/mol. The Morgan fingerprint density at radius 1 is 1.45 bits per heavy atom. The number of halogens is 1. The lowest BCUT2D eigenvalue weighted by atomic mass is 10.1. The van der Waals surface area contributed by atoms with Crippen LogP contribution in [0.4, 0.5) is 0 Å². The summed E-state index contributed by atoms with van der Waals surface area (Å²) < 4.78 is 5.49. The highest BCUT2D eigenvalue weighted by Crippen LogP contribution is 2.38. The summed E-state index contributed by atoms with van der Waals surface area (Å²) in [6.07, 6.45) is 2.43. The summed E-state index contributed by atoms with van der Waals surface area (Å²) in [6.45, 7) is 2.01. The number of benzene rings is 1. The van der Waals surface area contributed by atoms with Crippen molar-refractivity contribution in [3.8, 4) is 5.75 Å². The van der Waals surface area contributed by atoms with Gasteiger partial charge in [-0.1, -0.05) is 17.7 Å². The van der Waals surface area contributed by atoms with Crippen LogP contribution in [0.15, 0.2) is 23.6 Å². The second-order valence-corrected chi connectivity index (χ2v) is 6.35. The Hall–Kier alpha value is -1.10. The SMILES string of the molecule is COc1cccc(Cl)c1C(NC1CC1)c1nc(C)cs1. The van der Waals surface area contributed by atoms with Gasteiger partial charge in [0.1, 0.15) is 10.8 Å². The van der Waals surface area contributed by atoms with Crippen LogP contribution in [0.1, 0.15) is 35.1 Å². The Bertz CT molecular complexity index is 610. The number of aryl methyl sites for hydroxylation is 1. The molecule has 3 nitrogen and oxygen atoms in total. The lowest BCUT2D eigenvalue weighted by Crippen LogP contribution is -2.25. The van der Waals surface area contributed by atoms with Crippen molar-refractivity contribution in [2.45, 2.75) is 31.8 Å². The molecule has 1 atom stereocenters. The van der Waals surface area contributed by atoms with Gasteiger partial charge in [0.2, 0.25) is 0 Å². The average Bonchev–Trinajstić information content (AvgIpc) is 3.16. The lowest BCUT2D eigenvalue weighted by molar-refractivity contribution is 0.403. The Balaban J connectivity index is 2.04. The van der Waals surface area contributed by atoms with Gasteiger partial charge in [0.15, 0.2) is 0 Å². The molecule has 1 unspecified atom stereocenters. The van der Waals surface area contributed by atoms with Gasteiger partial charge in [0.05, 0.1) is 13.2 Å². The maximum absolute atomic E-state index is 6.42. The first-order valence-corrected chi connectivity index (χ1v) is 7.95. The van der Waals surface area contributed by atoms with Crippen molar-refractivity contribution >= 4 is 22.9 Å². The Kier molecular flexibility index (Phi) is 3.96. The van der Waals surface area contributed by atoms with Gasteiger partial charge in [-0.15, -0.1) is 11.3 Å². The minimum absolute atomic E-state index is 0.00449. The van der Waals surface area contributed by atoms with Crippen molar-refractivity contribution in [1.29, 1.82) is 0 Å². The van der Waals surface area contributed by atoms with E-state index in [-0.39, 0.29) is 6.04 Å². The molecule has 3 rings (SSSR count). The fourth-order valence-corrected chi connectivity index (χ4v) is 3.38. The molecule has 0 aliphatic heterocycles. The van der Waals surface area contributed by atoms with Crippen LogP contribution in [-0.4, -0.2) is 18.1 Å². The van der Waals surface area contributed by atoms with E-state index in [4.69, 9.17) is 16.3 Å². The van der Waals surface area contributed by atoms with Crippen molar-refractivity contribution < 1.29 is 4.74 Å². The summed E-state index contributed by atoms with van der Waals surface area (Å²) in [7, 11) is 1.68. The summed E-state index contributed by atoms with van der Waals surface area (Å²) >= 11 is 8.08. The third-order valence-corrected chi connectivity index (χ3v) is 4.74. The van der Waals surface area contributed by atoms with Crippen LogP contribution in [0.25, 0.3) is 0 Å². The van der Waals surface area contributed by atoms with Crippen molar-refractivity contribution in [2.24, 2.45) is 0 Å². The van der Waals surface area contributed by atoms with Gasteiger partial charge >= 0.3 is 0 Å². The Labute approximate surface area is 127 Å². The van der Waals surface area contributed by atoms with Crippen LogP contribution in [-0.2, 0) is 0 Å². The molecule has 1 fully saturated rings. The minimum atomic E-state index is 0.00449. The first-order chi connectivity index (χ1) is 9.69. The van der Waals surface area contributed by atoms with Gasteiger partial charge in [0.25, 0.3) is 0 Å². The molecule has 1 aromatic carbocycles. The molecule has 1 aliphatic carbocycles. The monoisotopic (exact) mass is 308 g/mol. The molecular formula is C15H17ClN2OS. The van der Waals surface area contributed by atoms with Crippen LogP contribution in [0.2, 0.25) is 5.02 Å². The van der Waals surface area contributed by atoms with Gasteiger partial charge in [0, 0.05) is 27.7 Å². The Morgan fingerprint density at radius 2 is 2.25 bits per heavy atom. The number of thiazole rings is 1. The van der Waals surface area contributed by atoms with Crippen molar-refractivity contribution in [3.63, 3.8) is 0 Å². The molecule has 1 aromatic heterocycles. The normalized spacial score (nSPS) is 16.1. The zero-order valence-electron chi connectivity index (χ0n) is 11.5. The molecular weight excluding hydrogens is 292 g/mol. The summed E-state index contributed by atoms with van der Waals surface area (Å²) in [5, 5.41) is 7.47. The number of methoxy groups -OCH3 is 1. The highest BCUT2D eigenvalue weighted by atomic mass is 35.5. The number of hydrogen-bond donors (Lipinski definition) is 1. The quantitative estimate of drug-likeness (QED) is 0.908. The number of hydrogen-bond acceptors (Lipinski definition) is 4. The Morgan fingerprint density at radius 3 is 2.85 bits per heavy atom. The van der Waals surface area contributed by atoms with E-state index in [0.29, 0.717) is 6.04 Å². The lowest BCUT2D eigenvalue weighted by Gasteiger charge is -2.20. The average molecular weight is 309 g/mol. The largest absolute Gasteiger partial charge is 0.496 e. The van der Waals surface area contributed by atoms with Gasteiger partial charge in [-0.2, -0.15) is 0 Å². The van der Waals surface area contributed by atoms with Crippen molar-refractivity contribution in [3.05, 3.63) is 44.9 Å². The second-order valence-electron chi connectivity index (χ2n) is 5.06.